The first-order valence-corrected chi connectivity index (χ1v) is 9.60. The summed E-state index contributed by atoms with van der Waals surface area (Å²) in [5, 5.41) is 0. The van der Waals surface area contributed by atoms with Gasteiger partial charge in [-0.3, -0.25) is 4.31 Å². The second-order valence-electron chi connectivity index (χ2n) is 6.22. The first-order valence-electron chi connectivity index (χ1n) is 8.16. The Balaban J connectivity index is 2.11. The van der Waals surface area contributed by atoms with Crippen LogP contribution in [0.25, 0.3) is 0 Å². The summed E-state index contributed by atoms with van der Waals surface area (Å²) < 4.78 is 32.6. The third kappa shape index (κ3) is 3.02. The summed E-state index contributed by atoms with van der Waals surface area (Å²) in [5.41, 5.74) is 3.70. The molecule has 0 aromatic heterocycles. The lowest BCUT2D eigenvalue weighted by atomic mass is 9.98. The molecular formula is C19H21NO4S. The van der Waals surface area contributed by atoms with Gasteiger partial charge in [0, 0.05) is 6.54 Å². The van der Waals surface area contributed by atoms with Gasteiger partial charge in [-0.1, -0.05) is 12.1 Å². The van der Waals surface area contributed by atoms with Gasteiger partial charge in [-0.05, 0) is 67.6 Å². The number of ether oxygens (including phenoxy) is 1. The van der Waals surface area contributed by atoms with Crippen molar-refractivity contribution in [2.75, 3.05) is 18.0 Å². The molecule has 1 aliphatic rings. The lowest BCUT2D eigenvalue weighted by Crippen LogP contribution is -2.36. The molecule has 0 spiro atoms. The van der Waals surface area contributed by atoms with Gasteiger partial charge in [-0.15, -0.1) is 0 Å². The molecule has 2 aromatic carbocycles. The summed E-state index contributed by atoms with van der Waals surface area (Å²) in [4.78, 5) is 12.3. The lowest BCUT2D eigenvalue weighted by Gasteiger charge is -2.31. The van der Waals surface area contributed by atoms with Gasteiger partial charge in [0.15, 0.2) is 0 Å². The number of aryl methyl sites for hydroxylation is 2. The van der Waals surface area contributed by atoms with Crippen LogP contribution in [0.1, 0.15) is 33.5 Å². The smallest absolute Gasteiger partial charge is 0.338 e. The number of methoxy groups -OCH3 is 1. The Morgan fingerprint density at radius 1 is 1.12 bits per heavy atom. The van der Waals surface area contributed by atoms with Crippen LogP contribution in [0.2, 0.25) is 0 Å². The SMILES string of the molecule is COC(=O)c1cccc2c1CCCN2S(=O)(=O)c1ccc(C)c(C)c1. The average molecular weight is 359 g/mol. The van der Waals surface area contributed by atoms with Gasteiger partial charge < -0.3 is 4.74 Å². The zero-order chi connectivity index (χ0) is 18.2. The fourth-order valence-electron chi connectivity index (χ4n) is 3.14. The van der Waals surface area contributed by atoms with Crippen LogP contribution in [0, 0.1) is 13.8 Å². The normalized spacial score (nSPS) is 14.1. The van der Waals surface area contributed by atoms with Gasteiger partial charge in [0.2, 0.25) is 0 Å². The maximum absolute atomic E-state index is 13.2. The number of nitrogens with zero attached hydrogens (tertiary/aromatic N) is 1. The van der Waals surface area contributed by atoms with Gasteiger partial charge in [0.05, 0.1) is 23.3 Å². The number of anilines is 1. The summed E-state index contributed by atoms with van der Waals surface area (Å²) in [6, 6.07) is 10.3. The highest BCUT2D eigenvalue weighted by Gasteiger charge is 2.31. The zero-order valence-corrected chi connectivity index (χ0v) is 15.4. The van der Waals surface area contributed by atoms with Crippen molar-refractivity contribution in [2.24, 2.45) is 0 Å². The molecule has 0 aliphatic carbocycles. The molecule has 1 heterocycles. The van der Waals surface area contributed by atoms with Crippen LogP contribution in [0.4, 0.5) is 5.69 Å². The number of hydrogen-bond acceptors (Lipinski definition) is 4. The molecule has 0 unspecified atom stereocenters. The number of carbonyl (C=O) groups is 1. The second kappa shape index (κ2) is 6.52. The molecule has 0 atom stereocenters. The van der Waals surface area contributed by atoms with E-state index in [1.165, 1.54) is 11.4 Å². The molecule has 25 heavy (non-hydrogen) atoms. The standard InChI is InChI=1S/C19H21NO4S/c1-13-9-10-15(12-14(13)2)25(22,23)20-11-5-7-16-17(19(21)24-3)6-4-8-18(16)20/h4,6,8-10,12H,5,7,11H2,1-3H3. The Kier molecular flexibility index (Phi) is 4.56. The van der Waals surface area contributed by atoms with Crippen molar-refractivity contribution in [3.05, 3.63) is 58.7 Å². The summed E-state index contributed by atoms with van der Waals surface area (Å²) in [6.45, 7) is 4.24. The number of esters is 1. The maximum Gasteiger partial charge on any atom is 0.338 e. The maximum atomic E-state index is 13.2. The lowest BCUT2D eigenvalue weighted by molar-refractivity contribution is 0.0599. The molecule has 5 nitrogen and oxygen atoms in total. The van der Waals surface area contributed by atoms with E-state index in [4.69, 9.17) is 4.74 Å². The van der Waals surface area contributed by atoms with E-state index in [-0.39, 0.29) is 4.90 Å². The molecule has 0 bridgehead atoms. The number of fused-ring (bicyclic) bond motifs is 1. The number of benzene rings is 2. The number of rotatable bonds is 3. The molecule has 0 fully saturated rings. The van der Waals surface area contributed by atoms with E-state index in [1.54, 1.807) is 30.3 Å². The van der Waals surface area contributed by atoms with Crippen molar-refractivity contribution in [1.29, 1.82) is 0 Å². The van der Waals surface area contributed by atoms with Crippen molar-refractivity contribution >= 4 is 21.7 Å². The molecule has 0 N–H and O–H groups in total. The largest absolute Gasteiger partial charge is 0.465 e. The summed E-state index contributed by atoms with van der Waals surface area (Å²) in [5.74, 6) is -0.442. The Morgan fingerprint density at radius 3 is 2.56 bits per heavy atom. The van der Waals surface area contributed by atoms with Gasteiger partial charge in [-0.25, -0.2) is 13.2 Å². The fraction of sp³-hybridized carbons (Fsp3) is 0.316. The summed E-state index contributed by atoms with van der Waals surface area (Å²) in [7, 11) is -2.36. The van der Waals surface area contributed by atoms with E-state index in [2.05, 4.69) is 0 Å². The summed E-state index contributed by atoms with van der Waals surface area (Å²) >= 11 is 0. The van der Waals surface area contributed by atoms with E-state index >= 15 is 0 Å². The van der Waals surface area contributed by atoms with Crippen LogP contribution >= 0.6 is 0 Å². The van der Waals surface area contributed by atoms with Gasteiger partial charge in [0.1, 0.15) is 0 Å². The number of hydrogen-bond donors (Lipinski definition) is 0. The van der Waals surface area contributed by atoms with E-state index < -0.39 is 16.0 Å². The van der Waals surface area contributed by atoms with Crippen molar-refractivity contribution in [3.8, 4) is 0 Å². The van der Waals surface area contributed by atoms with Crippen molar-refractivity contribution in [3.63, 3.8) is 0 Å². The predicted molar refractivity (Wildman–Crippen MR) is 96.6 cm³/mol. The molecule has 0 saturated heterocycles. The van der Waals surface area contributed by atoms with Crippen LogP contribution in [0.5, 0.6) is 0 Å². The van der Waals surface area contributed by atoms with Crippen LogP contribution in [0.15, 0.2) is 41.3 Å². The van der Waals surface area contributed by atoms with E-state index in [0.29, 0.717) is 30.6 Å². The monoisotopic (exact) mass is 359 g/mol. The van der Waals surface area contributed by atoms with Gasteiger partial charge in [0.25, 0.3) is 10.0 Å². The molecule has 0 saturated carbocycles. The van der Waals surface area contributed by atoms with Crippen LogP contribution < -0.4 is 4.31 Å². The molecule has 1 aliphatic heterocycles. The van der Waals surface area contributed by atoms with Gasteiger partial charge >= 0.3 is 5.97 Å². The molecule has 0 amide bonds. The van der Waals surface area contributed by atoms with Crippen LogP contribution in [0.3, 0.4) is 0 Å². The van der Waals surface area contributed by atoms with Crippen LogP contribution in [-0.2, 0) is 21.2 Å². The highest BCUT2D eigenvalue weighted by atomic mass is 32.2. The van der Waals surface area contributed by atoms with Crippen LogP contribution in [-0.4, -0.2) is 28.0 Å². The number of carbonyl (C=O) groups excluding carboxylic acids is 1. The molecular weight excluding hydrogens is 338 g/mol. The third-order valence-corrected chi connectivity index (χ3v) is 6.49. The van der Waals surface area contributed by atoms with Crippen molar-refractivity contribution in [1.82, 2.24) is 0 Å². The quantitative estimate of drug-likeness (QED) is 0.789. The molecule has 0 radical (unpaired) electrons. The number of sulfonamides is 1. The Labute approximate surface area is 148 Å². The summed E-state index contributed by atoms with van der Waals surface area (Å²) in [6.07, 6.45) is 1.31. The first-order chi connectivity index (χ1) is 11.9. The Bertz CT molecular complexity index is 934. The highest BCUT2D eigenvalue weighted by Crippen LogP contribution is 2.34. The van der Waals surface area contributed by atoms with Crippen molar-refractivity contribution < 1.29 is 17.9 Å². The van der Waals surface area contributed by atoms with E-state index in [1.807, 2.05) is 19.9 Å². The third-order valence-electron chi connectivity index (χ3n) is 4.68. The highest BCUT2D eigenvalue weighted by molar-refractivity contribution is 7.92. The molecule has 132 valence electrons. The first kappa shape index (κ1) is 17.5. The Morgan fingerprint density at radius 2 is 1.88 bits per heavy atom. The van der Waals surface area contributed by atoms with E-state index in [0.717, 1.165) is 16.7 Å². The molecule has 3 rings (SSSR count). The van der Waals surface area contributed by atoms with Gasteiger partial charge in [-0.2, -0.15) is 0 Å². The second-order valence-corrected chi connectivity index (χ2v) is 8.08. The topological polar surface area (TPSA) is 63.7 Å². The minimum absolute atomic E-state index is 0.270. The average Bonchev–Trinajstić information content (AvgIpc) is 2.62. The zero-order valence-electron chi connectivity index (χ0n) is 14.6. The molecule has 2 aromatic rings. The molecule has 6 heteroatoms. The van der Waals surface area contributed by atoms with Crippen molar-refractivity contribution in [2.45, 2.75) is 31.6 Å². The fourth-order valence-corrected chi connectivity index (χ4v) is 4.76. The van der Waals surface area contributed by atoms with E-state index in [9.17, 15) is 13.2 Å². The minimum Gasteiger partial charge on any atom is -0.465 e. The predicted octanol–water partition coefficient (Wildman–Crippen LogP) is 3.23. The minimum atomic E-state index is -3.68. The Hall–Kier alpha value is -2.34.